The lowest BCUT2D eigenvalue weighted by molar-refractivity contribution is -0.387. The fourth-order valence-corrected chi connectivity index (χ4v) is 4.99. The molecule has 0 saturated carbocycles. The van der Waals surface area contributed by atoms with Gasteiger partial charge in [-0.05, 0) is 49.4 Å². The summed E-state index contributed by atoms with van der Waals surface area (Å²) in [4.78, 5) is 21.2. The summed E-state index contributed by atoms with van der Waals surface area (Å²) in [5.41, 5.74) is -0.275. The number of hydrogen-bond donors (Lipinski definition) is 0. The monoisotopic (exact) mass is 435 g/mol. The van der Waals surface area contributed by atoms with Gasteiger partial charge in [0.2, 0.25) is 21.5 Å². The molecule has 0 aliphatic carbocycles. The molecule has 0 bridgehead atoms. The molecule has 2 aromatic rings. The third-order valence-electron chi connectivity index (χ3n) is 4.92. The minimum Gasteiger partial charge on any atom is -0.443 e. The summed E-state index contributed by atoms with van der Waals surface area (Å²) in [6, 6.07) is 7.47. The van der Waals surface area contributed by atoms with Gasteiger partial charge in [0, 0.05) is 25.2 Å². The van der Waals surface area contributed by atoms with Crippen LogP contribution in [0.25, 0.3) is 0 Å². The summed E-state index contributed by atoms with van der Waals surface area (Å²) in [6.45, 7) is 4.36. The molecule has 1 fully saturated rings. The minimum absolute atomic E-state index is 0.163. The third-order valence-corrected chi connectivity index (χ3v) is 6.78. The Labute approximate surface area is 173 Å². The lowest BCUT2D eigenvalue weighted by atomic mass is 10.0. The van der Waals surface area contributed by atoms with Gasteiger partial charge in [-0.3, -0.25) is 20.2 Å². The highest BCUT2D eigenvalue weighted by Crippen LogP contribution is 2.38. The van der Waals surface area contributed by atoms with Crippen molar-refractivity contribution in [3.05, 3.63) is 62.2 Å². The molecule has 1 aliphatic rings. The van der Waals surface area contributed by atoms with Crippen LogP contribution in [0.3, 0.4) is 0 Å². The largest absolute Gasteiger partial charge is 0.443 e. The molecular formula is C19H21N3O7S. The third kappa shape index (κ3) is 4.41. The van der Waals surface area contributed by atoms with Gasteiger partial charge in [0.05, 0.1) is 14.7 Å². The Bertz CT molecular complexity index is 1100. The van der Waals surface area contributed by atoms with E-state index in [9.17, 15) is 28.6 Å². The van der Waals surface area contributed by atoms with E-state index in [-0.39, 0.29) is 28.0 Å². The maximum absolute atomic E-state index is 12.9. The van der Waals surface area contributed by atoms with E-state index in [0.29, 0.717) is 18.7 Å². The number of nitro groups is 2. The molecule has 2 aromatic carbocycles. The first-order chi connectivity index (χ1) is 14.1. The second-order valence-corrected chi connectivity index (χ2v) is 9.27. The summed E-state index contributed by atoms with van der Waals surface area (Å²) < 4.78 is 32.7. The summed E-state index contributed by atoms with van der Waals surface area (Å²) >= 11 is 0. The van der Waals surface area contributed by atoms with Gasteiger partial charge in [-0.1, -0.05) is 13.0 Å². The van der Waals surface area contributed by atoms with Crippen LogP contribution >= 0.6 is 0 Å². The van der Waals surface area contributed by atoms with Gasteiger partial charge in [0.15, 0.2) is 0 Å². The molecule has 0 N–H and O–H groups in total. The van der Waals surface area contributed by atoms with Crippen molar-refractivity contribution in [3.63, 3.8) is 0 Å². The van der Waals surface area contributed by atoms with Crippen molar-refractivity contribution in [3.8, 4) is 11.5 Å². The molecule has 30 heavy (non-hydrogen) atoms. The van der Waals surface area contributed by atoms with Crippen molar-refractivity contribution in [2.75, 3.05) is 13.1 Å². The van der Waals surface area contributed by atoms with Crippen molar-refractivity contribution in [2.24, 2.45) is 5.92 Å². The molecule has 0 radical (unpaired) electrons. The molecule has 1 unspecified atom stereocenters. The highest BCUT2D eigenvalue weighted by molar-refractivity contribution is 7.89. The maximum atomic E-state index is 12.9. The zero-order chi connectivity index (χ0) is 22.1. The SMILES string of the molecule is Cc1ccc([N+](=O)[O-])c(Oc2ccc(S(=O)(=O)N3CCCC(C)C3)cc2[N+](=O)[O-])c1. The summed E-state index contributed by atoms with van der Waals surface area (Å²) in [7, 11) is -3.90. The van der Waals surface area contributed by atoms with Crippen LogP contribution in [0, 0.1) is 33.1 Å². The number of nitrogens with zero attached hydrogens (tertiary/aromatic N) is 3. The normalized spacial score (nSPS) is 17.5. The number of aryl methyl sites for hydroxylation is 1. The Kier molecular flexibility index (Phi) is 6.04. The number of ether oxygens (including phenoxy) is 1. The van der Waals surface area contributed by atoms with E-state index < -0.39 is 25.6 Å². The predicted octanol–water partition coefficient (Wildman–Crippen LogP) is 4.02. The lowest BCUT2D eigenvalue weighted by Gasteiger charge is -2.30. The second-order valence-electron chi connectivity index (χ2n) is 7.33. The molecule has 0 aromatic heterocycles. The van der Waals surface area contributed by atoms with Gasteiger partial charge in [-0.15, -0.1) is 0 Å². The summed E-state index contributed by atoms with van der Waals surface area (Å²) in [5.74, 6) is -0.240. The molecule has 3 rings (SSSR count). The van der Waals surface area contributed by atoms with Crippen LogP contribution in [0.1, 0.15) is 25.3 Å². The lowest BCUT2D eigenvalue weighted by Crippen LogP contribution is -2.39. The highest BCUT2D eigenvalue weighted by Gasteiger charge is 2.31. The van der Waals surface area contributed by atoms with Gasteiger partial charge < -0.3 is 4.74 Å². The number of rotatable bonds is 6. The van der Waals surface area contributed by atoms with Crippen LogP contribution in [-0.2, 0) is 10.0 Å². The first kappa shape index (κ1) is 21.7. The Morgan fingerprint density at radius 3 is 2.37 bits per heavy atom. The standard InChI is InChI=1S/C19H21N3O7S/c1-13-5-7-16(21(23)24)19(10-13)29-18-8-6-15(11-17(18)22(25)26)30(27,28)20-9-3-4-14(2)12-20/h5-8,10-11,14H,3-4,9,12H2,1-2H3. The summed E-state index contributed by atoms with van der Waals surface area (Å²) in [6.07, 6.45) is 1.65. The van der Waals surface area contributed by atoms with E-state index >= 15 is 0 Å². The van der Waals surface area contributed by atoms with Crippen molar-refractivity contribution in [1.82, 2.24) is 4.31 Å². The minimum atomic E-state index is -3.90. The molecular weight excluding hydrogens is 414 g/mol. The molecule has 0 amide bonds. The summed E-state index contributed by atoms with van der Waals surface area (Å²) in [5, 5.41) is 22.8. The van der Waals surface area contributed by atoms with Gasteiger partial charge in [0.1, 0.15) is 0 Å². The maximum Gasteiger partial charge on any atom is 0.312 e. The number of sulfonamides is 1. The highest BCUT2D eigenvalue weighted by atomic mass is 32.2. The first-order valence-corrected chi connectivity index (χ1v) is 10.7. The Balaban J connectivity index is 2.00. The van der Waals surface area contributed by atoms with E-state index in [1.807, 2.05) is 6.92 Å². The smallest absolute Gasteiger partial charge is 0.312 e. The molecule has 11 heteroatoms. The van der Waals surface area contributed by atoms with Crippen LogP contribution in [0.5, 0.6) is 11.5 Å². The van der Waals surface area contributed by atoms with E-state index in [1.54, 1.807) is 6.92 Å². The van der Waals surface area contributed by atoms with Crippen LogP contribution in [0.15, 0.2) is 41.3 Å². The average Bonchev–Trinajstić information content (AvgIpc) is 2.67. The van der Waals surface area contributed by atoms with Gasteiger partial charge in [0.25, 0.3) is 0 Å². The van der Waals surface area contributed by atoms with Crippen LogP contribution in [-0.4, -0.2) is 35.7 Å². The number of piperidine rings is 1. The van der Waals surface area contributed by atoms with Gasteiger partial charge in [-0.25, -0.2) is 8.42 Å². The van der Waals surface area contributed by atoms with E-state index in [0.717, 1.165) is 25.0 Å². The van der Waals surface area contributed by atoms with Gasteiger partial charge in [-0.2, -0.15) is 4.31 Å². The molecule has 1 aliphatic heterocycles. The second kappa shape index (κ2) is 8.36. The topological polar surface area (TPSA) is 133 Å². The molecule has 1 saturated heterocycles. The zero-order valence-corrected chi connectivity index (χ0v) is 17.3. The number of nitro benzene ring substituents is 2. The van der Waals surface area contributed by atoms with Crippen LogP contribution < -0.4 is 4.74 Å². The van der Waals surface area contributed by atoms with E-state index in [4.69, 9.17) is 4.74 Å². The first-order valence-electron chi connectivity index (χ1n) is 9.31. The van der Waals surface area contributed by atoms with Gasteiger partial charge >= 0.3 is 11.4 Å². The molecule has 10 nitrogen and oxygen atoms in total. The predicted molar refractivity (Wildman–Crippen MR) is 108 cm³/mol. The van der Waals surface area contributed by atoms with Crippen molar-refractivity contribution in [1.29, 1.82) is 0 Å². The molecule has 1 heterocycles. The number of benzene rings is 2. The fraction of sp³-hybridized carbons (Fsp3) is 0.368. The Morgan fingerprint density at radius 1 is 1.03 bits per heavy atom. The Hall–Kier alpha value is -3.05. The van der Waals surface area contributed by atoms with E-state index in [1.165, 1.54) is 28.6 Å². The fourth-order valence-electron chi connectivity index (χ4n) is 3.37. The molecule has 160 valence electrons. The Morgan fingerprint density at radius 2 is 1.73 bits per heavy atom. The quantitative estimate of drug-likeness (QED) is 0.494. The molecule has 0 spiro atoms. The van der Waals surface area contributed by atoms with E-state index in [2.05, 4.69) is 0 Å². The van der Waals surface area contributed by atoms with Crippen molar-refractivity contribution >= 4 is 21.4 Å². The number of hydrogen-bond acceptors (Lipinski definition) is 7. The van der Waals surface area contributed by atoms with Crippen LogP contribution in [0.4, 0.5) is 11.4 Å². The average molecular weight is 435 g/mol. The van der Waals surface area contributed by atoms with Crippen molar-refractivity contribution in [2.45, 2.75) is 31.6 Å². The van der Waals surface area contributed by atoms with Crippen molar-refractivity contribution < 1.29 is 23.0 Å². The van der Waals surface area contributed by atoms with Crippen LogP contribution in [0.2, 0.25) is 0 Å². The zero-order valence-electron chi connectivity index (χ0n) is 16.5. The molecule has 1 atom stereocenters.